The molecule has 2 aromatic rings. The van der Waals surface area contributed by atoms with Crippen molar-refractivity contribution in [3.63, 3.8) is 0 Å². The average Bonchev–Trinajstić information content (AvgIpc) is 2.70. The van der Waals surface area contributed by atoms with Gasteiger partial charge in [0.25, 0.3) is 5.91 Å². The predicted octanol–water partition coefficient (Wildman–Crippen LogP) is 5.36. The Labute approximate surface area is 138 Å². The smallest absolute Gasteiger partial charge is 0.256 e. The lowest BCUT2D eigenvalue weighted by atomic mass is 10.0. The molecule has 1 aliphatic heterocycles. The Morgan fingerprint density at radius 1 is 1.15 bits per heavy atom. The zero-order valence-electron chi connectivity index (χ0n) is 10.1. The highest BCUT2D eigenvalue weighted by Gasteiger charge is 2.26. The molecule has 0 spiro atoms. The standard InChI is InChI=1S/C15H8Br2ClNO/c16-9-6-10-11(5-8-3-1-2-4-13(8)18)15(20)19-14(10)12(17)7-9/h1-7H,(H,19,20). The molecule has 0 fully saturated rings. The molecule has 20 heavy (non-hydrogen) atoms. The van der Waals surface area contributed by atoms with Crippen molar-refractivity contribution in [1.82, 2.24) is 0 Å². The first-order valence-corrected chi connectivity index (χ1v) is 7.79. The van der Waals surface area contributed by atoms with Crippen molar-refractivity contribution in [1.29, 1.82) is 0 Å². The van der Waals surface area contributed by atoms with Crippen LogP contribution in [0.15, 0.2) is 45.3 Å². The summed E-state index contributed by atoms with van der Waals surface area (Å²) in [6.45, 7) is 0. The molecule has 1 aliphatic rings. The van der Waals surface area contributed by atoms with Crippen LogP contribution in [0.1, 0.15) is 11.1 Å². The summed E-state index contributed by atoms with van der Waals surface area (Å²) >= 11 is 13.0. The van der Waals surface area contributed by atoms with Crippen LogP contribution in [0.3, 0.4) is 0 Å². The van der Waals surface area contributed by atoms with Gasteiger partial charge in [-0.15, -0.1) is 0 Å². The second-order valence-electron chi connectivity index (χ2n) is 4.34. The third-order valence-corrected chi connectivity index (χ3v) is 4.46. The van der Waals surface area contributed by atoms with Gasteiger partial charge >= 0.3 is 0 Å². The van der Waals surface area contributed by atoms with Crippen LogP contribution < -0.4 is 5.32 Å². The molecule has 0 saturated heterocycles. The fraction of sp³-hybridized carbons (Fsp3) is 0. The monoisotopic (exact) mass is 411 g/mol. The minimum atomic E-state index is -0.126. The molecule has 0 bridgehead atoms. The fourth-order valence-electron chi connectivity index (χ4n) is 2.11. The molecule has 5 heteroatoms. The third kappa shape index (κ3) is 2.43. The van der Waals surface area contributed by atoms with E-state index >= 15 is 0 Å². The molecule has 1 amide bonds. The van der Waals surface area contributed by atoms with Crippen LogP contribution in [0, 0.1) is 0 Å². The number of rotatable bonds is 1. The van der Waals surface area contributed by atoms with E-state index in [1.165, 1.54) is 0 Å². The largest absolute Gasteiger partial charge is 0.320 e. The molecular formula is C15H8Br2ClNO. The van der Waals surface area contributed by atoms with Crippen molar-refractivity contribution in [3.8, 4) is 0 Å². The van der Waals surface area contributed by atoms with Gasteiger partial charge in [0, 0.05) is 25.1 Å². The van der Waals surface area contributed by atoms with Gasteiger partial charge in [-0.05, 0) is 45.8 Å². The lowest BCUT2D eigenvalue weighted by Gasteiger charge is -2.03. The van der Waals surface area contributed by atoms with Gasteiger partial charge in [-0.2, -0.15) is 0 Å². The number of benzene rings is 2. The second kappa shape index (κ2) is 5.35. The molecule has 0 radical (unpaired) electrons. The topological polar surface area (TPSA) is 29.1 Å². The number of anilines is 1. The van der Waals surface area contributed by atoms with Gasteiger partial charge in [0.1, 0.15) is 0 Å². The van der Waals surface area contributed by atoms with Crippen molar-refractivity contribution >= 4 is 66.7 Å². The molecule has 0 aliphatic carbocycles. The predicted molar refractivity (Wildman–Crippen MR) is 89.8 cm³/mol. The van der Waals surface area contributed by atoms with E-state index in [1.54, 1.807) is 6.07 Å². The van der Waals surface area contributed by atoms with Crippen LogP contribution >= 0.6 is 43.5 Å². The lowest BCUT2D eigenvalue weighted by Crippen LogP contribution is -2.03. The van der Waals surface area contributed by atoms with Gasteiger partial charge in [-0.25, -0.2) is 0 Å². The summed E-state index contributed by atoms with van der Waals surface area (Å²) < 4.78 is 1.75. The van der Waals surface area contributed by atoms with Gasteiger partial charge in [0.15, 0.2) is 0 Å². The van der Waals surface area contributed by atoms with Crippen LogP contribution in [0.5, 0.6) is 0 Å². The zero-order valence-corrected chi connectivity index (χ0v) is 14.0. The number of hydrogen-bond donors (Lipinski definition) is 1. The number of hydrogen-bond acceptors (Lipinski definition) is 1. The van der Waals surface area contributed by atoms with E-state index in [-0.39, 0.29) is 5.91 Å². The molecular weight excluding hydrogens is 405 g/mol. The van der Waals surface area contributed by atoms with E-state index in [9.17, 15) is 4.79 Å². The van der Waals surface area contributed by atoms with Crippen molar-refractivity contribution in [2.75, 3.05) is 5.32 Å². The quantitative estimate of drug-likeness (QED) is 0.627. The first-order chi connectivity index (χ1) is 9.56. The van der Waals surface area contributed by atoms with Gasteiger partial charge in [0.05, 0.1) is 5.69 Å². The Hall–Kier alpha value is -1.10. The first kappa shape index (κ1) is 13.9. The van der Waals surface area contributed by atoms with Crippen LogP contribution in [0.25, 0.3) is 11.6 Å². The van der Waals surface area contributed by atoms with Crippen LogP contribution in [-0.2, 0) is 4.79 Å². The summed E-state index contributed by atoms with van der Waals surface area (Å²) in [5.74, 6) is -0.126. The number of amides is 1. The number of fused-ring (bicyclic) bond motifs is 1. The molecule has 0 unspecified atom stereocenters. The molecule has 0 saturated carbocycles. The summed E-state index contributed by atoms with van der Waals surface area (Å²) in [6.07, 6.45) is 1.81. The van der Waals surface area contributed by atoms with E-state index in [1.807, 2.05) is 36.4 Å². The summed E-state index contributed by atoms with van der Waals surface area (Å²) in [5, 5.41) is 3.49. The van der Waals surface area contributed by atoms with Crippen molar-refractivity contribution in [3.05, 3.63) is 61.5 Å². The van der Waals surface area contributed by atoms with Gasteiger partial charge < -0.3 is 5.32 Å². The maximum absolute atomic E-state index is 12.2. The molecule has 0 aromatic heterocycles. The van der Waals surface area contributed by atoms with Crippen molar-refractivity contribution in [2.24, 2.45) is 0 Å². The molecule has 100 valence electrons. The highest BCUT2D eigenvalue weighted by molar-refractivity contribution is 9.11. The molecule has 2 aromatic carbocycles. The van der Waals surface area contributed by atoms with E-state index in [0.717, 1.165) is 25.8 Å². The maximum Gasteiger partial charge on any atom is 0.256 e. The molecule has 3 rings (SSSR count). The fourth-order valence-corrected chi connectivity index (χ4v) is 3.62. The van der Waals surface area contributed by atoms with E-state index in [2.05, 4.69) is 37.2 Å². The molecule has 2 nitrogen and oxygen atoms in total. The summed E-state index contributed by atoms with van der Waals surface area (Å²) in [4.78, 5) is 12.2. The summed E-state index contributed by atoms with van der Waals surface area (Å²) in [7, 11) is 0. The Kier molecular flexibility index (Phi) is 3.71. The van der Waals surface area contributed by atoms with Gasteiger partial charge in [-0.3, -0.25) is 4.79 Å². The van der Waals surface area contributed by atoms with E-state index < -0.39 is 0 Å². The summed E-state index contributed by atoms with van der Waals surface area (Å²) in [6, 6.07) is 11.3. The normalized spacial score (nSPS) is 15.3. The number of nitrogens with one attached hydrogen (secondary N) is 1. The van der Waals surface area contributed by atoms with Crippen molar-refractivity contribution < 1.29 is 4.79 Å². The van der Waals surface area contributed by atoms with E-state index in [0.29, 0.717) is 10.6 Å². The minimum absolute atomic E-state index is 0.126. The lowest BCUT2D eigenvalue weighted by molar-refractivity contribution is -0.110. The van der Waals surface area contributed by atoms with Crippen LogP contribution in [0.4, 0.5) is 5.69 Å². The molecule has 1 heterocycles. The minimum Gasteiger partial charge on any atom is -0.320 e. The highest BCUT2D eigenvalue weighted by atomic mass is 79.9. The van der Waals surface area contributed by atoms with E-state index in [4.69, 9.17) is 11.6 Å². The summed E-state index contributed by atoms with van der Waals surface area (Å²) in [5.41, 5.74) is 3.08. The Bertz CT molecular complexity index is 756. The number of carbonyl (C=O) groups excluding carboxylic acids is 1. The van der Waals surface area contributed by atoms with Crippen LogP contribution in [-0.4, -0.2) is 5.91 Å². The van der Waals surface area contributed by atoms with Gasteiger partial charge in [0.2, 0.25) is 0 Å². The van der Waals surface area contributed by atoms with Crippen molar-refractivity contribution in [2.45, 2.75) is 0 Å². The van der Waals surface area contributed by atoms with Crippen LogP contribution in [0.2, 0.25) is 5.02 Å². The maximum atomic E-state index is 12.2. The number of halogens is 3. The Morgan fingerprint density at radius 2 is 1.90 bits per heavy atom. The average molecular weight is 413 g/mol. The van der Waals surface area contributed by atoms with Gasteiger partial charge in [-0.1, -0.05) is 45.7 Å². The Morgan fingerprint density at radius 3 is 2.65 bits per heavy atom. The zero-order chi connectivity index (χ0) is 14.3. The third-order valence-electron chi connectivity index (χ3n) is 3.03. The highest BCUT2D eigenvalue weighted by Crippen LogP contribution is 2.40. The molecule has 0 atom stereocenters. The molecule has 1 N–H and O–H groups in total. The SMILES string of the molecule is O=C1Nc2c(Br)cc(Br)cc2C1=Cc1ccccc1Cl. The number of carbonyl (C=O) groups is 1. The first-order valence-electron chi connectivity index (χ1n) is 5.83. The second-order valence-corrected chi connectivity index (χ2v) is 6.52. The Balaban J connectivity index is 2.18.